The maximum Gasteiger partial charge on any atom is 0.257 e. The van der Waals surface area contributed by atoms with E-state index in [1.54, 1.807) is 10.6 Å². The smallest absolute Gasteiger partial charge is 0.257 e. The van der Waals surface area contributed by atoms with E-state index in [0.717, 1.165) is 35.0 Å². The van der Waals surface area contributed by atoms with Gasteiger partial charge in [0.15, 0.2) is 6.61 Å². The molecule has 0 unspecified atom stereocenters. The van der Waals surface area contributed by atoms with Crippen molar-refractivity contribution in [3.63, 3.8) is 0 Å². The minimum absolute atomic E-state index is 0.0192. The van der Waals surface area contributed by atoms with Crippen molar-refractivity contribution in [2.45, 2.75) is 52.0 Å². The number of aryl methyl sites for hydroxylation is 1. The zero-order valence-corrected chi connectivity index (χ0v) is 18.8. The van der Waals surface area contributed by atoms with Crippen LogP contribution in [0.3, 0.4) is 0 Å². The van der Waals surface area contributed by atoms with Crippen LogP contribution in [0.5, 0.6) is 5.75 Å². The Morgan fingerprint density at radius 1 is 1.06 bits per heavy atom. The third-order valence-electron chi connectivity index (χ3n) is 6.30. The van der Waals surface area contributed by atoms with Gasteiger partial charge in [0.1, 0.15) is 5.75 Å². The predicted molar refractivity (Wildman–Crippen MR) is 129 cm³/mol. The van der Waals surface area contributed by atoms with Crippen molar-refractivity contribution in [1.82, 2.24) is 9.88 Å². The first kappa shape index (κ1) is 22.1. The molecule has 1 aromatic heterocycles. The molecular formula is C27H32N2O3. The number of nitrogens with one attached hydrogen (secondary N) is 1. The minimum Gasteiger partial charge on any atom is -0.484 e. The van der Waals surface area contributed by atoms with E-state index in [1.807, 2.05) is 48.5 Å². The number of nitrogens with zero attached hydrogens (tertiary/aromatic N) is 1. The van der Waals surface area contributed by atoms with Gasteiger partial charge >= 0.3 is 0 Å². The van der Waals surface area contributed by atoms with Crippen molar-refractivity contribution in [3.05, 3.63) is 65.0 Å². The van der Waals surface area contributed by atoms with Gasteiger partial charge < -0.3 is 14.6 Å². The van der Waals surface area contributed by atoms with Crippen LogP contribution in [0.4, 0.5) is 0 Å². The Kier molecular flexibility index (Phi) is 7.25. The molecule has 1 amide bonds. The molecule has 1 heterocycles. The normalized spacial score (nSPS) is 14.4. The summed E-state index contributed by atoms with van der Waals surface area (Å²) in [6.07, 6.45) is 7.09. The lowest BCUT2D eigenvalue weighted by Crippen LogP contribution is -2.33. The summed E-state index contributed by atoms with van der Waals surface area (Å²) in [5.74, 6) is 1.09. The molecule has 1 aliphatic rings. The van der Waals surface area contributed by atoms with E-state index in [4.69, 9.17) is 4.74 Å². The van der Waals surface area contributed by atoms with Crippen LogP contribution in [0.2, 0.25) is 0 Å². The lowest BCUT2D eigenvalue weighted by molar-refractivity contribution is -0.123. The number of carbonyl (C=O) groups excluding carboxylic acids is 1. The molecule has 5 heteroatoms. The van der Waals surface area contributed by atoms with Crippen molar-refractivity contribution in [2.75, 3.05) is 13.2 Å². The summed E-state index contributed by atoms with van der Waals surface area (Å²) >= 11 is 0. The fraction of sp³-hybridized carbons (Fsp3) is 0.407. The van der Waals surface area contributed by atoms with Gasteiger partial charge in [-0.3, -0.25) is 9.59 Å². The highest BCUT2D eigenvalue weighted by molar-refractivity contribution is 5.95. The number of benzene rings is 2. The van der Waals surface area contributed by atoms with Crippen LogP contribution in [0, 0.1) is 5.92 Å². The Morgan fingerprint density at radius 2 is 1.84 bits per heavy atom. The number of rotatable bonds is 8. The standard InChI is InChI=1S/C27H32N2O3/c1-2-15-29-25-16-22(32-19-26(30)28-18-20-9-5-3-6-10-20)13-14-23(25)24(17-27(29)31)21-11-7-4-8-12-21/h4,7-8,11-14,16-17,20H,2-3,5-6,9-10,15,18-19H2,1H3,(H,28,30). The van der Waals surface area contributed by atoms with E-state index in [-0.39, 0.29) is 18.1 Å². The molecule has 168 valence electrons. The van der Waals surface area contributed by atoms with Gasteiger partial charge in [-0.2, -0.15) is 0 Å². The Bertz CT molecular complexity index is 1110. The third kappa shape index (κ3) is 5.21. The molecule has 0 spiro atoms. The number of pyridine rings is 1. The highest BCUT2D eigenvalue weighted by Gasteiger charge is 2.15. The quantitative estimate of drug-likeness (QED) is 0.535. The highest BCUT2D eigenvalue weighted by atomic mass is 16.5. The number of fused-ring (bicyclic) bond motifs is 1. The Morgan fingerprint density at radius 3 is 2.59 bits per heavy atom. The monoisotopic (exact) mass is 432 g/mol. The summed E-state index contributed by atoms with van der Waals surface area (Å²) in [6, 6.07) is 17.4. The summed E-state index contributed by atoms with van der Waals surface area (Å²) in [4.78, 5) is 25.2. The van der Waals surface area contributed by atoms with Gasteiger partial charge in [-0.05, 0) is 48.4 Å². The number of hydrogen-bond donors (Lipinski definition) is 1. The molecule has 5 nitrogen and oxygen atoms in total. The summed E-state index contributed by atoms with van der Waals surface area (Å²) in [6.45, 7) is 3.40. The second-order valence-electron chi connectivity index (χ2n) is 8.69. The first-order chi connectivity index (χ1) is 15.7. The number of amides is 1. The molecule has 0 bridgehead atoms. The zero-order chi connectivity index (χ0) is 22.3. The van der Waals surface area contributed by atoms with Gasteiger partial charge in [0, 0.05) is 30.6 Å². The fourth-order valence-corrected chi connectivity index (χ4v) is 4.61. The maximum absolute atomic E-state index is 12.9. The van der Waals surface area contributed by atoms with Gasteiger partial charge in [-0.15, -0.1) is 0 Å². The first-order valence-electron chi connectivity index (χ1n) is 11.8. The van der Waals surface area contributed by atoms with Crippen LogP contribution >= 0.6 is 0 Å². The van der Waals surface area contributed by atoms with E-state index in [1.165, 1.54) is 32.1 Å². The molecule has 0 atom stereocenters. The molecule has 1 N–H and O–H groups in total. The lowest BCUT2D eigenvalue weighted by atomic mass is 9.89. The van der Waals surface area contributed by atoms with Gasteiger partial charge in [-0.1, -0.05) is 56.5 Å². The first-order valence-corrected chi connectivity index (χ1v) is 11.8. The van der Waals surface area contributed by atoms with Gasteiger partial charge in [-0.25, -0.2) is 0 Å². The SMILES string of the molecule is CCCn1c(=O)cc(-c2ccccc2)c2ccc(OCC(=O)NCC3CCCCC3)cc21. The van der Waals surface area contributed by atoms with E-state index < -0.39 is 0 Å². The summed E-state index contributed by atoms with van der Waals surface area (Å²) < 4.78 is 7.60. The fourth-order valence-electron chi connectivity index (χ4n) is 4.61. The number of ether oxygens (including phenoxy) is 1. The van der Waals surface area contributed by atoms with Crippen molar-refractivity contribution < 1.29 is 9.53 Å². The molecule has 0 saturated heterocycles. The van der Waals surface area contributed by atoms with Crippen LogP contribution in [-0.4, -0.2) is 23.6 Å². The molecule has 1 aliphatic carbocycles. The molecule has 1 fully saturated rings. The van der Waals surface area contributed by atoms with Crippen LogP contribution in [-0.2, 0) is 11.3 Å². The number of hydrogen-bond acceptors (Lipinski definition) is 3. The van der Waals surface area contributed by atoms with E-state index in [0.29, 0.717) is 18.2 Å². The van der Waals surface area contributed by atoms with Crippen molar-refractivity contribution in [1.29, 1.82) is 0 Å². The Balaban J connectivity index is 1.53. The van der Waals surface area contributed by atoms with Gasteiger partial charge in [0.2, 0.25) is 0 Å². The molecule has 4 rings (SSSR count). The van der Waals surface area contributed by atoms with Gasteiger partial charge in [0.05, 0.1) is 5.52 Å². The van der Waals surface area contributed by atoms with Gasteiger partial charge in [0.25, 0.3) is 11.5 Å². The lowest BCUT2D eigenvalue weighted by Gasteiger charge is -2.21. The largest absolute Gasteiger partial charge is 0.484 e. The minimum atomic E-state index is -0.0975. The molecular weight excluding hydrogens is 400 g/mol. The summed E-state index contributed by atoms with van der Waals surface area (Å²) in [7, 11) is 0. The topological polar surface area (TPSA) is 60.3 Å². The predicted octanol–water partition coefficient (Wildman–Crippen LogP) is 5.15. The molecule has 32 heavy (non-hydrogen) atoms. The van der Waals surface area contributed by atoms with Crippen molar-refractivity contribution >= 4 is 16.8 Å². The Hall–Kier alpha value is -3.08. The Labute approximate surface area is 189 Å². The van der Waals surface area contributed by atoms with Crippen LogP contribution in [0.15, 0.2) is 59.4 Å². The third-order valence-corrected chi connectivity index (χ3v) is 6.30. The summed E-state index contributed by atoms with van der Waals surface area (Å²) in [5.41, 5.74) is 2.72. The molecule has 0 radical (unpaired) electrons. The molecule has 3 aromatic rings. The van der Waals surface area contributed by atoms with Crippen molar-refractivity contribution in [2.24, 2.45) is 5.92 Å². The summed E-state index contributed by atoms with van der Waals surface area (Å²) in [5, 5.41) is 4.01. The average molecular weight is 433 g/mol. The second-order valence-corrected chi connectivity index (χ2v) is 8.69. The highest BCUT2D eigenvalue weighted by Crippen LogP contribution is 2.30. The zero-order valence-electron chi connectivity index (χ0n) is 18.8. The van der Waals surface area contributed by atoms with E-state index in [2.05, 4.69) is 12.2 Å². The van der Waals surface area contributed by atoms with E-state index in [9.17, 15) is 9.59 Å². The van der Waals surface area contributed by atoms with Crippen LogP contribution in [0.1, 0.15) is 45.4 Å². The van der Waals surface area contributed by atoms with E-state index >= 15 is 0 Å². The number of carbonyl (C=O) groups is 1. The molecule has 1 saturated carbocycles. The molecule has 2 aromatic carbocycles. The molecule has 0 aliphatic heterocycles. The van der Waals surface area contributed by atoms with Crippen molar-refractivity contribution in [3.8, 4) is 16.9 Å². The second kappa shape index (κ2) is 10.5. The van der Waals surface area contributed by atoms with Crippen LogP contribution in [0.25, 0.3) is 22.0 Å². The average Bonchev–Trinajstić information content (AvgIpc) is 2.84. The maximum atomic E-state index is 12.9. The van der Waals surface area contributed by atoms with Crippen LogP contribution < -0.4 is 15.6 Å². The number of aromatic nitrogens is 1.